The van der Waals surface area contributed by atoms with E-state index in [4.69, 9.17) is 5.73 Å². The molecule has 2 rings (SSSR count). The molecule has 0 unspecified atom stereocenters. The summed E-state index contributed by atoms with van der Waals surface area (Å²) in [6.45, 7) is 4.09. The van der Waals surface area contributed by atoms with Crippen molar-refractivity contribution in [1.82, 2.24) is 9.55 Å². The Kier molecular flexibility index (Phi) is 2.00. The van der Waals surface area contributed by atoms with E-state index >= 15 is 0 Å². The first-order valence-electron chi connectivity index (χ1n) is 4.54. The minimum absolute atomic E-state index is 0.822. The molecular weight excluding hydrogens is 174 g/mol. The quantitative estimate of drug-likeness (QED) is 0.694. The van der Waals surface area contributed by atoms with E-state index in [0.29, 0.717) is 0 Å². The van der Waals surface area contributed by atoms with Crippen LogP contribution in [-0.2, 0) is 0 Å². The Morgan fingerprint density at radius 3 is 2.71 bits per heavy atom. The number of benzene rings is 1. The zero-order chi connectivity index (χ0) is 10.1. The molecule has 0 saturated heterocycles. The average Bonchev–Trinajstić information content (AvgIpc) is 2.67. The molecule has 1 aromatic carbocycles. The van der Waals surface area contributed by atoms with Gasteiger partial charge in [0.2, 0.25) is 0 Å². The van der Waals surface area contributed by atoms with Crippen LogP contribution in [0.4, 0.5) is 5.69 Å². The highest BCUT2D eigenvalue weighted by Crippen LogP contribution is 2.23. The smallest absolute Gasteiger partial charge is 0.0992 e. The molecule has 72 valence electrons. The van der Waals surface area contributed by atoms with Crippen LogP contribution in [0.25, 0.3) is 5.69 Å². The van der Waals surface area contributed by atoms with Crippen molar-refractivity contribution in [1.29, 1.82) is 0 Å². The Hall–Kier alpha value is -1.77. The molecular formula is C11H13N3. The molecule has 0 amide bonds. The second kappa shape index (κ2) is 3.18. The summed E-state index contributed by atoms with van der Waals surface area (Å²) in [6, 6.07) is 4.08. The molecule has 0 radical (unpaired) electrons. The van der Waals surface area contributed by atoms with Crippen molar-refractivity contribution in [2.75, 3.05) is 5.73 Å². The van der Waals surface area contributed by atoms with Crippen LogP contribution in [0.1, 0.15) is 11.1 Å². The van der Waals surface area contributed by atoms with Crippen molar-refractivity contribution in [2.24, 2.45) is 0 Å². The summed E-state index contributed by atoms with van der Waals surface area (Å²) in [4.78, 5) is 4.00. The van der Waals surface area contributed by atoms with E-state index in [-0.39, 0.29) is 0 Å². The number of hydrogen-bond acceptors (Lipinski definition) is 2. The van der Waals surface area contributed by atoms with Gasteiger partial charge in [-0.2, -0.15) is 0 Å². The fourth-order valence-corrected chi connectivity index (χ4v) is 1.45. The maximum atomic E-state index is 6.03. The Balaban J connectivity index is 2.61. The summed E-state index contributed by atoms with van der Waals surface area (Å²) in [5, 5.41) is 0. The van der Waals surface area contributed by atoms with Crippen molar-refractivity contribution in [3.05, 3.63) is 42.0 Å². The molecule has 1 aromatic heterocycles. The fourth-order valence-electron chi connectivity index (χ4n) is 1.45. The van der Waals surface area contributed by atoms with Crippen LogP contribution in [0.15, 0.2) is 30.9 Å². The number of anilines is 1. The summed E-state index contributed by atoms with van der Waals surface area (Å²) in [5.74, 6) is 0. The topological polar surface area (TPSA) is 43.8 Å². The lowest BCUT2D eigenvalue weighted by atomic mass is 10.1. The summed E-state index contributed by atoms with van der Waals surface area (Å²) >= 11 is 0. The molecule has 3 heteroatoms. The number of imidazole rings is 1. The highest BCUT2D eigenvalue weighted by molar-refractivity contribution is 5.64. The molecule has 0 aliphatic heterocycles. The first kappa shape index (κ1) is 8.81. The number of nitrogen functional groups attached to an aromatic ring is 1. The maximum absolute atomic E-state index is 6.03. The monoisotopic (exact) mass is 187 g/mol. The normalized spacial score (nSPS) is 10.4. The van der Waals surface area contributed by atoms with Crippen LogP contribution in [0.2, 0.25) is 0 Å². The first-order valence-corrected chi connectivity index (χ1v) is 4.54. The molecule has 0 fully saturated rings. The molecule has 2 N–H and O–H groups in total. The van der Waals surface area contributed by atoms with Gasteiger partial charge in [0.05, 0.1) is 17.7 Å². The van der Waals surface area contributed by atoms with Gasteiger partial charge in [0.1, 0.15) is 0 Å². The SMILES string of the molecule is Cc1ccc(-n2ccnc2)c(N)c1C. The molecule has 0 saturated carbocycles. The molecule has 14 heavy (non-hydrogen) atoms. The highest BCUT2D eigenvalue weighted by Gasteiger charge is 2.05. The van der Waals surface area contributed by atoms with E-state index in [1.807, 2.05) is 23.8 Å². The minimum Gasteiger partial charge on any atom is -0.397 e. The van der Waals surface area contributed by atoms with E-state index in [0.717, 1.165) is 16.9 Å². The van der Waals surface area contributed by atoms with Gasteiger partial charge in [0.25, 0.3) is 0 Å². The van der Waals surface area contributed by atoms with Gasteiger partial charge in [0.15, 0.2) is 0 Å². The summed E-state index contributed by atoms with van der Waals surface area (Å²) < 4.78 is 1.92. The summed E-state index contributed by atoms with van der Waals surface area (Å²) in [5.41, 5.74) is 10.2. The van der Waals surface area contributed by atoms with Gasteiger partial charge in [-0.1, -0.05) is 6.07 Å². The van der Waals surface area contributed by atoms with Crippen molar-refractivity contribution >= 4 is 5.69 Å². The zero-order valence-electron chi connectivity index (χ0n) is 8.36. The number of nitrogens with zero attached hydrogens (tertiary/aromatic N) is 2. The maximum Gasteiger partial charge on any atom is 0.0992 e. The molecule has 2 aromatic rings. The van der Waals surface area contributed by atoms with Gasteiger partial charge < -0.3 is 10.3 Å². The third-order valence-corrected chi connectivity index (χ3v) is 2.55. The minimum atomic E-state index is 0.822. The van der Waals surface area contributed by atoms with Crippen LogP contribution in [-0.4, -0.2) is 9.55 Å². The standard InChI is InChI=1S/C11H13N3/c1-8-3-4-10(11(12)9(8)2)14-6-5-13-7-14/h3-7H,12H2,1-2H3. The summed E-state index contributed by atoms with van der Waals surface area (Å²) in [7, 11) is 0. The summed E-state index contributed by atoms with van der Waals surface area (Å²) in [6.07, 6.45) is 5.38. The number of rotatable bonds is 1. The number of aryl methyl sites for hydroxylation is 1. The lowest BCUT2D eigenvalue weighted by molar-refractivity contribution is 1.05. The predicted molar refractivity (Wildman–Crippen MR) is 57.5 cm³/mol. The Morgan fingerprint density at radius 1 is 1.29 bits per heavy atom. The molecule has 0 atom stereocenters. The van der Waals surface area contributed by atoms with Crippen molar-refractivity contribution in [3.63, 3.8) is 0 Å². The van der Waals surface area contributed by atoms with E-state index < -0.39 is 0 Å². The van der Waals surface area contributed by atoms with Crippen LogP contribution >= 0.6 is 0 Å². The number of hydrogen-bond donors (Lipinski definition) is 1. The van der Waals surface area contributed by atoms with Gasteiger partial charge in [0, 0.05) is 12.4 Å². The predicted octanol–water partition coefficient (Wildman–Crippen LogP) is 2.07. The molecule has 0 aliphatic carbocycles. The Labute approximate surface area is 83.2 Å². The lowest BCUT2D eigenvalue weighted by Crippen LogP contribution is -2.01. The number of aromatic nitrogens is 2. The van der Waals surface area contributed by atoms with Gasteiger partial charge in [-0.25, -0.2) is 4.98 Å². The van der Waals surface area contributed by atoms with Gasteiger partial charge in [-0.3, -0.25) is 0 Å². The molecule has 0 bridgehead atoms. The third-order valence-electron chi connectivity index (χ3n) is 2.55. The zero-order valence-corrected chi connectivity index (χ0v) is 8.36. The highest BCUT2D eigenvalue weighted by atomic mass is 15.0. The van der Waals surface area contributed by atoms with E-state index in [1.165, 1.54) is 5.56 Å². The second-order valence-corrected chi connectivity index (χ2v) is 3.41. The van der Waals surface area contributed by atoms with Crippen molar-refractivity contribution in [3.8, 4) is 5.69 Å². The fraction of sp³-hybridized carbons (Fsp3) is 0.182. The molecule has 1 heterocycles. The Bertz CT molecular complexity index is 444. The molecule has 0 spiro atoms. The second-order valence-electron chi connectivity index (χ2n) is 3.41. The van der Waals surface area contributed by atoms with E-state index in [1.54, 1.807) is 12.5 Å². The molecule has 3 nitrogen and oxygen atoms in total. The van der Waals surface area contributed by atoms with Gasteiger partial charge in [-0.15, -0.1) is 0 Å². The Morgan fingerprint density at radius 2 is 2.07 bits per heavy atom. The van der Waals surface area contributed by atoms with Crippen LogP contribution in [0.3, 0.4) is 0 Å². The van der Waals surface area contributed by atoms with Crippen LogP contribution in [0, 0.1) is 13.8 Å². The van der Waals surface area contributed by atoms with E-state index in [9.17, 15) is 0 Å². The van der Waals surface area contributed by atoms with Crippen LogP contribution in [0.5, 0.6) is 0 Å². The van der Waals surface area contributed by atoms with Gasteiger partial charge in [-0.05, 0) is 31.0 Å². The largest absolute Gasteiger partial charge is 0.397 e. The average molecular weight is 187 g/mol. The molecule has 0 aliphatic rings. The third kappa shape index (κ3) is 1.27. The number of nitrogens with two attached hydrogens (primary N) is 1. The van der Waals surface area contributed by atoms with E-state index in [2.05, 4.69) is 18.0 Å². The van der Waals surface area contributed by atoms with Crippen molar-refractivity contribution < 1.29 is 0 Å². The van der Waals surface area contributed by atoms with Gasteiger partial charge >= 0.3 is 0 Å². The van der Waals surface area contributed by atoms with Crippen molar-refractivity contribution in [2.45, 2.75) is 13.8 Å². The van der Waals surface area contributed by atoms with Crippen LogP contribution < -0.4 is 5.73 Å². The lowest BCUT2D eigenvalue weighted by Gasteiger charge is -2.10. The first-order chi connectivity index (χ1) is 6.70.